The molecule has 4 atom stereocenters. The molecular weight excluding hydrogens is 474 g/mol. The van der Waals surface area contributed by atoms with Crippen molar-refractivity contribution in [3.63, 3.8) is 0 Å². The molecule has 2 heterocycles. The Balaban J connectivity index is 1.88. The first-order valence-electron chi connectivity index (χ1n) is 10.2. The molecule has 1 aliphatic carbocycles. The van der Waals surface area contributed by atoms with Gasteiger partial charge >= 0.3 is 5.97 Å². The van der Waals surface area contributed by atoms with Crippen LogP contribution in [-0.4, -0.2) is 29.0 Å². The molecule has 0 unspecified atom stereocenters. The fraction of sp³-hybridized carbons (Fsp3) is 0.240. The lowest BCUT2D eigenvalue weighted by Gasteiger charge is -2.39. The Morgan fingerprint density at radius 2 is 1.84 bits per heavy atom. The van der Waals surface area contributed by atoms with Gasteiger partial charge in [0.15, 0.2) is 11.4 Å². The van der Waals surface area contributed by atoms with E-state index in [4.69, 9.17) is 9.47 Å². The number of hydrogen-bond donors (Lipinski definition) is 1. The van der Waals surface area contributed by atoms with Crippen LogP contribution in [0.4, 0.5) is 0 Å². The Bertz CT molecular complexity index is 1230. The van der Waals surface area contributed by atoms with Crippen LogP contribution < -0.4 is 4.74 Å². The van der Waals surface area contributed by atoms with Crippen LogP contribution in [0.3, 0.4) is 0 Å². The number of ether oxygens (including phenoxy) is 2. The Labute approximate surface area is 193 Å². The number of nitrogens with zero attached hydrogens (tertiary/aromatic N) is 1. The monoisotopic (exact) mass is 493 g/mol. The van der Waals surface area contributed by atoms with Gasteiger partial charge in [0, 0.05) is 10.7 Å². The Hall–Kier alpha value is -3.03. The van der Waals surface area contributed by atoms with E-state index in [0.717, 1.165) is 10.0 Å². The van der Waals surface area contributed by atoms with E-state index in [-0.39, 0.29) is 5.69 Å². The highest BCUT2D eigenvalue weighted by Gasteiger charge is 2.78. The van der Waals surface area contributed by atoms with Crippen LogP contribution in [0.2, 0.25) is 0 Å². The second-order valence-electron chi connectivity index (χ2n) is 8.17. The van der Waals surface area contributed by atoms with Crippen molar-refractivity contribution in [2.24, 2.45) is 5.92 Å². The highest BCUT2D eigenvalue weighted by Crippen LogP contribution is 2.66. The third kappa shape index (κ3) is 2.58. The molecule has 162 valence electrons. The van der Waals surface area contributed by atoms with Crippen molar-refractivity contribution in [1.29, 1.82) is 0 Å². The number of pyridine rings is 1. The molecule has 32 heavy (non-hydrogen) atoms. The average molecular weight is 494 g/mol. The van der Waals surface area contributed by atoms with Crippen molar-refractivity contribution in [3.05, 3.63) is 93.7 Å². The van der Waals surface area contributed by atoms with Gasteiger partial charge in [0.25, 0.3) is 0 Å². The summed E-state index contributed by atoms with van der Waals surface area (Å²) in [5.74, 6) is -3.19. The van der Waals surface area contributed by atoms with Crippen molar-refractivity contribution in [1.82, 2.24) is 4.98 Å². The second kappa shape index (κ2) is 7.25. The van der Waals surface area contributed by atoms with Gasteiger partial charge in [-0.25, -0.2) is 0 Å². The van der Waals surface area contributed by atoms with Gasteiger partial charge < -0.3 is 14.6 Å². The minimum absolute atomic E-state index is 0.114. The molecule has 0 spiro atoms. The van der Waals surface area contributed by atoms with Crippen molar-refractivity contribution >= 4 is 27.7 Å². The molecule has 1 aliphatic heterocycles. The molecule has 6 nitrogen and oxygen atoms in total. The number of carbonyl (C=O) groups excluding carboxylic acids is 2. The third-order valence-corrected chi connectivity index (χ3v) is 6.97. The SMILES string of the molecule is COC(=O)[C@H]1C(=O)[C@@]2(O)c3ncc(C)cc3O[C@@]2(c2ccc(Br)cc2)[C@@H]1c1ccccc1. The van der Waals surface area contributed by atoms with Crippen LogP contribution in [0.5, 0.6) is 5.75 Å². The number of carbonyl (C=O) groups is 2. The van der Waals surface area contributed by atoms with E-state index in [1.165, 1.54) is 7.11 Å². The maximum atomic E-state index is 13.9. The number of hydrogen-bond acceptors (Lipinski definition) is 6. The maximum Gasteiger partial charge on any atom is 0.317 e. The van der Waals surface area contributed by atoms with Gasteiger partial charge in [-0.3, -0.25) is 14.6 Å². The molecule has 1 saturated carbocycles. The topological polar surface area (TPSA) is 85.7 Å². The highest BCUT2D eigenvalue weighted by molar-refractivity contribution is 9.10. The van der Waals surface area contributed by atoms with Gasteiger partial charge in [0.1, 0.15) is 17.4 Å². The molecule has 5 rings (SSSR count). The predicted molar refractivity (Wildman–Crippen MR) is 119 cm³/mol. The number of aromatic nitrogens is 1. The second-order valence-corrected chi connectivity index (χ2v) is 9.08. The van der Waals surface area contributed by atoms with Gasteiger partial charge in [0.05, 0.1) is 13.0 Å². The molecule has 2 aromatic carbocycles. The van der Waals surface area contributed by atoms with Gasteiger partial charge in [0.2, 0.25) is 5.60 Å². The van der Waals surface area contributed by atoms with E-state index in [1.54, 1.807) is 24.4 Å². The number of fused-ring (bicyclic) bond motifs is 3. The zero-order valence-corrected chi connectivity index (χ0v) is 19.0. The number of rotatable bonds is 3. The molecule has 7 heteroatoms. The summed E-state index contributed by atoms with van der Waals surface area (Å²) in [6.45, 7) is 1.86. The van der Waals surface area contributed by atoms with Crippen LogP contribution in [-0.2, 0) is 25.5 Å². The van der Waals surface area contributed by atoms with Crippen molar-refractivity contribution < 1.29 is 24.2 Å². The lowest BCUT2D eigenvalue weighted by molar-refractivity contribution is -0.155. The molecule has 1 aromatic heterocycles. The van der Waals surface area contributed by atoms with E-state index >= 15 is 0 Å². The maximum absolute atomic E-state index is 13.9. The molecule has 0 saturated heterocycles. The number of Topliss-reactive ketones (excluding diaryl/α,β-unsaturated/α-hetero) is 1. The van der Waals surface area contributed by atoms with E-state index in [1.807, 2.05) is 49.4 Å². The van der Waals surface area contributed by atoms with E-state index < -0.39 is 34.8 Å². The lowest BCUT2D eigenvalue weighted by Crippen LogP contribution is -2.51. The number of esters is 1. The minimum Gasteiger partial charge on any atom is -0.476 e. The van der Waals surface area contributed by atoms with Crippen LogP contribution in [0.25, 0.3) is 0 Å². The zero-order valence-electron chi connectivity index (χ0n) is 17.4. The number of methoxy groups -OCH3 is 1. The summed E-state index contributed by atoms with van der Waals surface area (Å²) in [5, 5.41) is 12.2. The minimum atomic E-state index is -2.18. The summed E-state index contributed by atoms with van der Waals surface area (Å²) in [7, 11) is 1.23. The van der Waals surface area contributed by atoms with Crippen molar-refractivity contribution in [3.8, 4) is 5.75 Å². The predicted octanol–water partition coefficient (Wildman–Crippen LogP) is 3.78. The molecule has 0 radical (unpaired) electrons. The summed E-state index contributed by atoms with van der Waals surface area (Å²) in [4.78, 5) is 31.2. The smallest absolute Gasteiger partial charge is 0.317 e. The third-order valence-electron chi connectivity index (χ3n) is 6.44. The summed E-state index contributed by atoms with van der Waals surface area (Å²) in [6.07, 6.45) is 1.58. The summed E-state index contributed by atoms with van der Waals surface area (Å²) in [5.41, 5.74) is -1.60. The first kappa shape index (κ1) is 20.8. The van der Waals surface area contributed by atoms with E-state index in [2.05, 4.69) is 20.9 Å². The van der Waals surface area contributed by atoms with E-state index in [9.17, 15) is 14.7 Å². The van der Waals surface area contributed by atoms with Crippen molar-refractivity contribution in [2.45, 2.75) is 24.0 Å². The van der Waals surface area contributed by atoms with E-state index in [0.29, 0.717) is 16.9 Å². The Kier molecular flexibility index (Phi) is 4.72. The zero-order chi connectivity index (χ0) is 22.7. The standard InChI is InChI=1S/C25H20BrNO5/c1-14-12-18-21(27-13-14)24(30)22(28)19(23(29)31-2)20(15-6-4-3-5-7-15)25(24,32-18)16-8-10-17(26)11-9-16/h3-13,19-20,30H,1-2H3/t19-,20-,24+,25+/m1/s1. The molecular formula is C25H20BrNO5. The first-order valence-corrected chi connectivity index (χ1v) is 11.0. The molecule has 1 N–H and O–H groups in total. The van der Waals surface area contributed by atoms with Gasteiger partial charge in [-0.1, -0.05) is 58.4 Å². The largest absolute Gasteiger partial charge is 0.476 e. The average Bonchev–Trinajstić information content (AvgIpc) is 3.17. The summed E-state index contributed by atoms with van der Waals surface area (Å²) >= 11 is 3.44. The lowest BCUT2D eigenvalue weighted by atomic mass is 9.71. The van der Waals surface area contributed by atoms with Gasteiger partial charge in [-0.2, -0.15) is 0 Å². The van der Waals surface area contributed by atoms with Crippen LogP contribution in [0.15, 0.2) is 71.3 Å². The molecule has 0 bridgehead atoms. The Morgan fingerprint density at radius 1 is 1.16 bits per heavy atom. The number of aliphatic hydroxyl groups is 1. The van der Waals surface area contributed by atoms with Gasteiger partial charge in [-0.15, -0.1) is 0 Å². The van der Waals surface area contributed by atoms with Crippen molar-refractivity contribution in [2.75, 3.05) is 7.11 Å². The first-order chi connectivity index (χ1) is 15.3. The molecule has 0 amide bonds. The number of ketones is 1. The van der Waals surface area contributed by atoms with Crippen LogP contribution in [0.1, 0.15) is 28.3 Å². The van der Waals surface area contributed by atoms with Crippen LogP contribution in [0, 0.1) is 12.8 Å². The van der Waals surface area contributed by atoms with Gasteiger partial charge in [-0.05, 0) is 41.8 Å². The summed E-state index contributed by atoms with van der Waals surface area (Å²) in [6, 6.07) is 18.1. The van der Waals surface area contributed by atoms with Crippen LogP contribution >= 0.6 is 15.9 Å². The highest BCUT2D eigenvalue weighted by atomic mass is 79.9. The fourth-order valence-electron chi connectivity index (χ4n) is 5.12. The Morgan fingerprint density at radius 3 is 2.50 bits per heavy atom. The number of benzene rings is 2. The molecule has 3 aromatic rings. The molecule has 1 fully saturated rings. The number of halogens is 1. The normalized spacial score (nSPS) is 28.1. The quantitative estimate of drug-likeness (QED) is 0.441. The fourth-order valence-corrected chi connectivity index (χ4v) is 5.38. The number of aryl methyl sites for hydroxylation is 1. The summed E-state index contributed by atoms with van der Waals surface area (Å²) < 4.78 is 12.4. The molecule has 2 aliphatic rings.